The summed E-state index contributed by atoms with van der Waals surface area (Å²) in [7, 11) is 0. The highest BCUT2D eigenvalue weighted by atomic mass is 16.5. The van der Waals surface area contributed by atoms with E-state index in [1.807, 2.05) is 83.8 Å². The summed E-state index contributed by atoms with van der Waals surface area (Å²) in [6.07, 6.45) is 3.45. The van der Waals surface area contributed by atoms with Crippen molar-refractivity contribution in [2.24, 2.45) is 5.92 Å². The highest BCUT2D eigenvalue weighted by molar-refractivity contribution is 5.87. The summed E-state index contributed by atoms with van der Waals surface area (Å²) in [4.78, 5) is 46.0. The first-order chi connectivity index (χ1) is 28.2. The number of hydrogen-bond donors (Lipinski definition) is 4. The molecule has 302 valence electrons. The van der Waals surface area contributed by atoms with Gasteiger partial charge in [0.25, 0.3) is 0 Å². The van der Waals surface area contributed by atoms with Crippen molar-refractivity contribution in [3.05, 3.63) is 141 Å². The van der Waals surface area contributed by atoms with E-state index in [9.17, 15) is 24.6 Å². The average Bonchev–Trinajstić information content (AvgIpc) is 3.26. The molecule has 2 atom stereocenters. The number of ether oxygens (including phenoxy) is 2. The van der Waals surface area contributed by atoms with Crippen molar-refractivity contribution in [3.8, 4) is 11.5 Å². The Morgan fingerprint density at radius 3 is 2.26 bits per heavy atom. The lowest BCUT2D eigenvalue weighted by Crippen LogP contribution is -2.55. The van der Waals surface area contributed by atoms with Crippen molar-refractivity contribution < 1.29 is 29.3 Å². The quantitative estimate of drug-likeness (QED) is 0.103. The normalized spacial score (nSPS) is 20.4. The molecule has 2 bridgehead atoms. The molecule has 0 radical (unpaired) electrons. The third-order valence-electron chi connectivity index (χ3n) is 12.5. The van der Waals surface area contributed by atoms with Crippen molar-refractivity contribution >= 4 is 22.8 Å². The zero-order valence-electron chi connectivity index (χ0n) is 32.8. The summed E-state index contributed by atoms with van der Waals surface area (Å²) in [6.45, 7) is 5.33. The molecular formula is C47H52N4O7. The molecule has 4 saturated heterocycles. The van der Waals surface area contributed by atoms with Crippen LogP contribution in [0.15, 0.2) is 108 Å². The fourth-order valence-electron chi connectivity index (χ4n) is 8.89. The van der Waals surface area contributed by atoms with Crippen LogP contribution in [0.4, 0.5) is 0 Å². The number of aliphatic hydroxyl groups excluding tert-OH is 1. The first kappa shape index (κ1) is 39.3. The molecule has 5 aromatic rings. The van der Waals surface area contributed by atoms with Gasteiger partial charge in [-0.3, -0.25) is 19.3 Å². The number of fused-ring (bicyclic) bond motifs is 4. The number of carbonyl (C=O) groups excluding carboxylic acids is 2. The molecule has 58 heavy (non-hydrogen) atoms. The molecule has 0 aliphatic carbocycles. The van der Waals surface area contributed by atoms with Crippen molar-refractivity contribution in [1.29, 1.82) is 0 Å². The summed E-state index contributed by atoms with van der Waals surface area (Å²) in [5.41, 5.74) is 4.00. The molecule has 1 aromatic heterocycles. The molecule has 1 amide bonds. The van der Waals surface area contributed by atoms with Gasteiger partial charge in [-0.15, -0.1) is 0 Å². The second-order valence-electron chi connectivity index (χ2n) is 16.1. The standard InChI is InChI=1S/C47H52N4O7/c52-40-17-15-38(39-16-18-43(54)49-45(39)40)41(53)29-48-28-33-6-8-34(9-7-33)31-57-37-13-10-32(11-14-37)12-19-44(55)51-26-22-47(23-27-51,36-4-2-1-3-5-36)46(56)58-42-30-50-24-20-35(42)21-25-50/h1-11,13-18,35,41-42,48,52-53H,12,19-31H2,(H,49,54)/t41?,42-/m0/s1. The summed E-state index contributed by atoms with van der Waals surface area (Å²) in [5.74, 6) is 1.13. The summed E-state index contributed by atoms with van der Waals surface area (Å²) < 4.78 is 12.4. The molecule has 11 nitrogen and oxygen atoms in total. The van der Waals surface area contributed by atoms with E-state index >= 15 is 0 Å². The van der Waals surface area contributed by atoms with Crippen LogP contribution >= 0.6 is 0 Å². The van der Waals surface area contributed by atoms with Gasteiger partial charge < -0.3 is 34.9 Å². The highest BCUT2D eigenvalue weighted by Gasteiger charge is 2.47. The molecule has 4 fully saturated rings. The van der Waals surface area contributed by atoms with Crippen LogP contribution in [-0.4, -0.2) is 82.2 Å². The van der Waals surface area contributed by atoms with Crippen molar-refractivity contribution in [3.63, 3.8) is 0 Å². The molecule has 4 aromatic carbocycles. The number of hydrogen-bond acceptors (Lipinski definition) is 9. The second kappa shape index (κ2) is 17.6. The van der Waals surface area contributed by atoms with E-state index in [0.29, 0.717) is 80.9 Å². The van der Waals surface area contributed by atoms with E-state index in [4.69, 9.17) is 9.47 Å². The molecule has 4 aliphatic heterocycles. The van der Waals surface area contributed by atoms with Gasteiger partial charge in [-0.25, -0.2) is 0 Å². The van der Waals surface area contributed by atoms with E-state index in [2.05, 4.69) is 15.2 Å². The van der Waals surface area contributed by atoms with E-state index in [1.54, 1.807) is 12.1 Å². The number of phenols is 1. The Hall–Kier alpha value is -5.49. The minimum absolute atomic E-state index is 0.0390. The molecule has 0 spiro atoms. The lowest BCUT2D eigenvalue weighted by Gasteiger charge is -2.46. The number of carbonyl (C=O) groups is 2. The monoisotopic (exact) mass is 784 g/mol. The minimum atomic E-state index is -0.831. The number of pyridine rings is 1. The van der Waals surface area contributed by atoms with Gasteiger partial charge in [0.05, 0.1) is 17.0 Å². The molecule has 9 rings (SSSR count). The fraction of sp³-hybridized carbons (Fsp3) is 0.383. The Balaban J connectivity index is 0.772. The number of nitrogens with zero attached hydrogens (tertiary/aromatic N) is 2. The Bertz CT molecular complexity index is 2240. The molecule has 0 saturated carbocycles. The van der Waals surface area contributed by atoms with Gasteiger partial charge in [0.15, 0.2) is 0 Å². The summed E-state index contributed by atoms with van der Waals surface area (Å²) in [6, 6.07) is 32.1. The van der Waals surface area contributed by atoms with Crippen molar-refractivity contribution in [2.75, 3.05) is 39.3 Å². The van der Waals surface area contributed by atoms with Crippen LogP contribution in [0.5, 0.6) is 11.5 Å². The molecule has 4 aliphatic rings. The summed E-state index contributed by atoms with van der Waals surface area (Å²) >= 11 is 0. The summed E-state index contributed by atoms with van der Waals surface area (Å²) in [5, 5.41) is 24.8. The fourth-order valence-corrected chi connectivity index (χ4v) is 8.89. The second-order valence-corrected chi connectivity index (χ2v) is 16.1. The Morgan fingerprint density at radius 2 is 1.55 bits per heavy atom. The maximum Gasteiger partial charge on any atom is 0.317 e. The largest absolute Gasteiger partial charge is 0.506 e. The van der Waals surface area contributed by atoms with E-state index in [0.717, 1.165) is 60.5 Å². The zero-order chi connectivity index (χ0) is 40.1. The highest BCUT2D eigenvalue weighted by Crippen LogP contribution is 2.39. The molecule has 5 heterocycles. The third kappa shape index (κ3) is 8.82. The van der Waals surface area contributed by atoms with Gasteiger partial charge in [-0.1, -0.05) is 72.8 Å². The van der Waals surface area contributed by atoms with Crippen LogP contribution in [0, 0.1) is 5.92 Å². The molecular weight excluding hydrogens is 733 g/mol. The van der Waals surface area contributed by atoms with Gasteiger partial charge >= 0.3 is 5.97 Å². The maximum absolute atomic E-state index is 14.0. The van der Waals surface area contributed by atoms with Crippen LogP contribution in [0.1, 0.15) is 66.0 Å². The number of H-pyrrole nitrogens is 1. The molecule has 4 N–H and O–H groups in total. The lowest BCUT2D eigenvalue weighted by atomic mass is 9.72. The van der Waals surface area contributed by atoms with Crippen molar-refractivity contribution in [1.82, 2.24) is 20.1 Å². The van der Waals surface area contributed by atoms with Gasteiger partial charge in [-0.2, -0.15) is 0 Å². The number of aromatic nitrogens is 1. The number of phenolic OH excluding ortho intramolecular Hbond substituents is 1. The van der Waals surface area contributed by atoms with Crippen LogP contribution in [0.2, 0.25) is 0 Å². The van der Waals surface area contributed by atoms with Gasteiger partial charge in [0.2, 0.25) is 11.5 Å². The number of aromatic amines is 1. The first-order valence-corrected chi connectivity index (χ1v) is 20.5. The number of aryl methyl sites for hydroxylation is 1. The zero-order valence-corrected chi connectivity index (χ0v) is 32.8. The first-order valence-electron chi connectivity index (χ1n) is 20.5. The van der Waals surface area contributed by atoms with Crippen LogP contribution in [0.3, 0.4) is 0 Å². The Labute approximate surface area is 338 Å². The van der Waals surface area contributed by atoms with Crippen molar-refractivity contribution in [2.45, 2.75) is 69.3 Å². The number of aromatic hydroxyl groups is 1. The average molecular weight is 785 g/mol. The third-order valence-corrected chi connectivity index (χ3v) is 12.5. The number of rotatable bonds is 14. The van der Waals surface area contributed by atoms with Gasteiger partial charge in [-0.05, 0) is 103 Å². The van der Waals surface area contributed by atoms with E-state index in [-0.39, 0.29) is 29.3 Å². The number of aliphatic hydroxyl groups is 1. The Morgan fingerprint density at radius 1 is 0.845 bits per heavy atom. The number of likely N-dealkylation sites (tertiary alicyclic amines) is 1. The molecule has 11 heteroatoms. The van der Waals surface area contributed by atoms with Gasteiger partial charge in [0.1, 0.15) is 24.2 Å². The van der Waals surface area contributed by atoms with Crippen LogP contribution < -0.4 is 15.6 Å². The minimum Gasteiger partial charge on any atom is -0.506 e. The van der Waals surface area contributed by atoms with Gasteiger partial charge in [0, 0.05) is 50.6 Å². The van der Waals surface area contributed by atoms with Crippen LogP contribution in [-0.2, 0) is 39.3 Å². The maximum atomic E-state index is 14.0. The molecule has 1 unspecified atom stereocenters. The lowest BCUT2D eigenvalue weighted by molar-refractivity contribution is -0.168. The SMILES string of the molecule is O=C(CCc1ccc(OCc2ccc(CNCC(O)c3ccc(O)c4[nH]c(=O)ccc34)cc2)cc1)N1CCC(C(=O)O[C@H]2CN3CCC2CC3)(c2ccccc2)CC1. The predicted octanol–water partition coefficient (Wildman–Crippen LogP) is 5.77. The Kier molecular flexibility index (Phi) is 11.9. The number of esters is 1. The number of benzene rings is 4. The van der Waals surface area contributed by atoms with Crippen LogP contribution in [0.25, 0.3) is 10.9 Å². The van der Waals surface area contributed by atoms with E-state index < -0.39 is 11.5 Å². The predicted molar refractivity (Wildman–Crippen MR) is 221 cm³/mol. The number of piperidine rings is 4. The van der Waals surface area contributed by atoms with E-state index in [1.165, 1.54) is 12.1 Å². The number of amides is 1. The number of nitrogens with one attached hydrogen (secondary N) is 2. The smallest absolute Gasteiger partial charge is 0.317 e. The topological polar surface area (TPSA) is 144 Å².